The average Bonchev–Trinajstić information content (AvgIpc) is 2.49. The first-order chi connectivity index (χ1) is 10.1. The number of aromatic carboxylic acids is 1. The molecular weight excluding hydrogens is 381 g/mol. The Morgan fingerprint density at radius 3 is 2.52 bits per heavy atom. The van der Waals surface area contributed by atoms with Crippen LogP contribution in [0, 0.1) is 3.57 Å². The highest BCUT2D eigenvalue weighted by Crippen LogP contribution is 2.32. The van der Waals surface area contributed by atoms with Crippen molar-refractivity contribution in [1.29, 1.82) is 0 Å². The van der Waals surface area contributed by atoms with Gasteiger partial charge in [0.1, 0.15) is 11.5 Å². The molecule has 0 spiro atoms. The zero-order valence-corrected chi connectivity index (χ0v) is 12.9. The average molecular weight is 391 g/mol. The summed E-state index contributed by atoms with van der Waals surface area (Å²) in [6, 6.07) is 16.3. The topological polar surface area (TPSA) is 59.4 Å². The number of carboxylic acids is 1. The SMILES string of the molecule is O=C(O)c1cc(Oc2ccccc2I)c2ccccc2n1. The zero-order chi connectivity index (χ0) is 14.8. The van der Waals surface area contributed by atoms with Crippen LogP contribution in [0.2, 0.25) is 0 Å². The van der Waals surface area contributed by atoms with E-state index in [9.17, 15) is 4.79 Å². The van der Waals surface area contributed by atoms with Gasteiger partial charge in [0.2, 0.25) is 0 Å². The molecule has 4 nitrogen and oxygen atoms in total. The molecule has 104 valence electrons. The van der Waals surface area contributed by atoms with E-state index in [0.29, 0.717) is 17.0 Å². The summed E-state index contributed by atoms with van der Waals surface area (Å²) in [4.78, 5) is 15.3. The van der Waals surface area contributed by atoms with Crippen LogP contribution in [0.25, 0.3) is 10.9 Å². The highest BCUT2D eigenvalue weighted by Gasteiger charge is 2.13. The van der Waals surface area contributed by atoms with Crippen LogP contribution >= 0.6 is 22.6 Å². The van der Waals surface area contributed by atoms with Gasteiger partial charge in [-0.25, -0.2) is 9.78 Å². The number of rotatable bonds is 3. The number of hydrogen-bond acceptors (Lipinski definition) is 3. The van der Waals surface area contributed by atoms with Crippen LogP contribution in [0.1, 0.15) is 10.5 Å². The molecule has 0 fully saturated rings. The summed E-state index contributed by atoms with van der Waals surface area (Å²) in [5.74, 6) is 0.0984. The van der Waals surface area contributed by atoms with Gasteiger partial charge in [0.15, 0.2) is 5.69 Å². The van der Waals surface area contributed by atoms with Crippen molar-refractivity contribution in [1.82, 2.24) is 4.98 Å². The van der Waals surface area contributed by atoms with Crippen LogP contribution in [-0.4, -0.2) is 16.1 Å². The maximum atomic E-state index is 11.2. The van der Waals surface area contributed by atoms with E-state index in [-0.39, 0.29) is 5.69 Å². The van der Waals surface area contributed by atoms with Crippen LogP contribution in [-0.2, 0) is 0 Å². The van der Waals surface area contributed by atoms with Gasteiger partial charge in [-0.1, -0.05) is 24.3 Å². The summed E-state index contributed by atoms with van der Waals surface area (Å²) in [5, 5.41) is 9.95. The van der Waals surface area contributed by atoms with Gasteiger partial charge in [-0.2, -0.15) is 0 Å². The largest absolute Gasteiger partial charge is 0.477 e. The lowest BCUT2D eigenvalue weighted by molar-refractivity contribution is 0.0690. The van der Waals surface area contributed by atoms with E-state index in [0.717, 1.165) is 8.96 Å². The number of ether oxygens (including phenoxy) is 1. The monoisotopic (exact) mass is 391 g/mol. The third-order valence-corrected chi connectivity index (χ3v) is 3.85. The molecule has 1 aromatic heterocycles. The number of carbonyl (C=O) groups is 1. The van der Waals surface area contributed by atoms with E-state index in [1.54, 1.807) is 6.07 Å². The number of benzene rings is 2. The van der Waals surface area contributed by atoms with Crippen molar-refractivity contribution >= 4 is 39.5 Å². The highest BCUT2D eigenvalue weighted by atomic mass is 127. The molecule has 5 heteroatoms. The summed E-state index contributed by atoms with van der Waals surface area (Å²) in [6.07, 6.45) is 0. The number of para-hydroxylation sites is 2. The van der Waals surface area contributed by atoms with Crippen molar-refractivity contribution in [3.05, 3.63) is 63.9 Å². The summed E-state index contributed by atoms with van der Waals surface area (Å²) in [7, 11) is 0. The number of pyridine rings is 1. The Kier molecular flexibility index (Phi) is 3.74. The van der Waals surface area contributed by atoms with Crippen molar-refractivity contribution in [3.8, 4) is 11.5 Å². The van der Waals surface area contributed by atoms with Crippen LogP contribution in [0.5, 0.6) is 11.5 Å². The predicted octanol–water partition coefficient (Wildman–Crippen LogP) is 4.33. The number of carboxylic acid groups (broad SMARTS) is 1. The predicted molar refractivity (Wildman–Crippen MR) is 87.9 cm³/mol. The molecule has 0 amide bonds. The third-order valence-electron chi connectivity index (χ3n) is 2.95. The molecule has 0 bridgehead atoms. The van der Waals surface area contributed by atoms with Gasteiger partial charge in [0.05, 0.1) is 9.09 Å². The first-order valence-corrected chi connectivity index (χ1v) is 7.28. The minimum absolute atomic E-state index is 0.0327. The Balaban J connectivity index is 2.16. The molecule has 3 rings (SSSR count). The quantitative estimate of drug-likeness (QED) is 0.676. The second-order valence-electron chi connectivity index (χ2n) is 4.36. The molecule has 0 radical (unpaired) electrons. The van der Waals surface area contributed by atoms with Gasteiger partial charge < -0.3 is 9.84 Å². The third kappa shape index (κ3) is 2.82. The van der Waals surface area contributed by atoms with Crippen molar-refractivity contribution in [2.45, 2.75) is 0 Å². The fourth-order valence-corrected chi connectivity index (χ4v) is 2.48. The lowest BCUT2D eigenvalue weighted by atomic mass is 10.2. The maximum Gasteiger partial charge on any atom is 0.354 e. The van der Waals surface area contributed by atoms with E-state index in [1.165, 1.54) is 6.07 Å². The summed E-state index contributed by atoms with van der Waals surface area (Å²) in [6.45, 7) is 0. The fraction of sp³-hybridized carbons (Fsp3) is 0. The minimum atomic E-state index is -1.08. The normalized spacial score (nSPS) is 10.5. The first-order valence-electron chi connectivity index (χ1n) is 6.20. The maximum absolute atomic E-state index is 11.2. The van der Waals surface area contributed by atoms with Gasteiger partial charge in [-0.15, -0.1) is 0 Å². The molecule has 0 saturated carbocycles. The molecule has 1 N–H and O–H groups in total. The molecule has 0 atom stereocenters. The number of hydrogen-bond donors (Lipinski definition) is 1. The lowest BCUT2D eigenvalue weighted by Gasteiger charge is -2.11. The highest BCUT2D eigenvalue weighted by molar-refractivity contribution is 14.1. The van der Waals surface area contributed by atoms with E-state index in [4.69, 9.17) is 9.84 Å². The van der Waals surface area contributed by atoms with Gasteiger partial charge in [0, 0.05) is 11.5 Å². The van der Waals surface area contributed by atoms with Crippen molar-refractivity contribution < 1.29 is 14.6 Å². The summed E-state index contributed by atoms with van der Waals surface area (Å²) in [5.41, 5.74) is 0.563. The molecule has 2 aromatic carbocycles. The van der Waals surface area contributed by atoms with Crippen LogP contribution in [0.4, 0.5) is 0 Å². The lowest BCUT2D eigenvalue weighted by Crippen LogP contribution is -2.01. The van der Waals surface area contributed by atoms with Crippen molar-refractivity contribution in [2.24, 2.45) is 0 Å². The Labute approximate surface area is 134 Å². The molecule has 1 heterocycles. The molecule has 0 saturated heterocycles. The number of halogens is 1. The molecule has 0 unspecified atom stereocenters. The molecule has 0 aliphatic rings. The van der Waals surface area contributed by atoms with E-state index >= 15 is 0 Å². The van der Waals surface area contributed by atoms with Gasteiger partial charge in [-0.3, -0.25) is 0 Å². The molecule has 3 aromatic rings. The van der Waals surface area contributed by atoms with E-state index < -0.39 is 5.97 Å². The zero-order valence-electron chi connectivity index (χ0n) is 10.8. The van der Waals surface area contributed by atoms with Gasteiger partial charge in [0.25, 0.3) is 0 Å². The smallest absolute Gasteiger partial charge is 0.354 e. The van der Waals surface area contributed by atoms with Crippen LogP contribution < -0.4 is 4.74 Å². The molecule has 0 aliphatic heterocycles. The summed E-state index contributed by atoms with van der Waals surface area (Å²) >= 11 is 2.18. The fourth-order valence-electron chi connectivity index (χ4n) is 1.98. The standard InChI is InChI=1S/C16H10INO3/c17-11-6-2-4-8-14(11)21-15-9-13(16(19)20)18-12-7-3-1-5-10(12)15/h1-9H,(H,19,20). The van der Waals surface area contributed by atoms with Crippen molar-refractivity contribution in [3.63, 3.8) is 0 Å². The van der Waals surface area contributed by atoms with E-state index in [2.05, 4.69) is 27.6 Å². The molecule has 21 heavy (non-hydrogen) atoms. The number of fused-ring (bicyclic) bond motifs is 1. The Morgan fingerprint density at radius 1 is 1.05 bits per heavy atom. The Morgan fingerprint density at radius 2 is 1.76 bits per heavy atom. The number of nitrogens with zero attached hydrogens (tertiary/aromatic N) is 1. The second-order valence-corrected chi connectivity index (χ2v) is 5.52. The number of aromatic nitrogens is 1. The van der Waals surface area contributed by atoms with Gasteiger partial charge >= 0.3 is 5.97 Å². The van der Waals surface area contributed by atoms with Crippen LogP contribution in [0.3, 0.4) is 0 Å². The summed E-state index contributed by atoms with van der Waals surface area (Å²) < 4.78 is 6.85. The minimum Gasteiger partial charge on any atom is -0.477 e. The van der Waals surface area contributed by atoms with Crippen molar-refractivity contribution in [2.75, 3.05) is 0 Å². The second kappa shape index (κ2) is 5.69. The van der Waals surface area contributed by atoms with E-state index in [1.807, 2.05) is 42.5 Å². The molecule has 0 aliphatic carbocycles. The first kappa shape index (κ1) is 13.8. The Bertz CT molecular complexity index is 833. The van der Waals surface area contributed by atoms with Crippen LogP contribution in [0.15, 0.2) is 54.6 Å². The Hall–Kier alpha value is -2.15. The van der Waals surface area contributed by atoms with Gasteiger partial charge in [-0.05, 0) is 46.9 Å². The molecular formula is C16H10INO3.